The van der Waals surface area contributed by atoms with Gasteiger partial charge in [0.1, 0.15) is 11.6 Å². The van der Waals surface area contributed by atoms with E-state index in [9.17, 15) is 19.0 Å². The number of fused-ring (bicyclic) bond motifs is 1. The maximum Gasteiger partial charge on any atom is 0.181 e. The molecule has 1 fully saturated rings. The zero-order valence-electron chi connectivity index (χ0n) is 21.9. The van der Waals surface area contributed by atoms with Gasteiger partial charge >= 0.3 is 0 Å². The van der Waals surface area contributed by atoms with Crippen molar-refractivity contribution in [1.29, 1.82) is 0 Å². The number of aromatic nitrogens is 8. The molecule has 0 radical (unpaired) electrons. The van der Waals surface area contributed by atoms with Crippen molar-refractivity contribution < 1.29 is 19.0 Å². The first kappa shape index (κ1) is 26.3. The molecule has 14 heteroatoms. The molecule has 0 saturated heterocycles. The molecule has 40 heavy (non-hydrogen) atoms. The zero-order chi connectivity index (χ0) is 28.0. The lowest BCUT2D eigenvalue weighted by Crippen LogP contribution is -2.22. The van der Waals surface area contributed by atoms with E-state index in [2.05, 4.69) is 55.1 Å². The maximum atomic E-state index is 11.8. The van der Waals surface area contributed by atoms with Crippen LogP contribution in [0.25, 0.3) is 33.4 Å². The van der Waals surface area contributed by atoms with Crippen LogP contribution in [-0.4, -0.2) is 71.3 Å². The summed E-state index contributed by atoms with van der Waals surface area (Å²) in [5.74, 6) is 1.58. The number of hydrogen-bond donors (Lipinski definition) is 4. The van der Waals surface area contributed by atoms with Crippen molar-refractivity contribution in [3.8, 4) is 22.5 Å². The van der Waals surface area contributed by atoms with Gasteiger partial charge in [0.25, 0.3) is 0 Å². The Hall–Kier alpha value is -3.98. The lowest BCUT2D eigenvalue weighted by atomic mass is 10.1. The lowest BCUT2D eigenvalue weighted by Gasteiger charge is -2.11. The molecule has 5 aromatic rings. The normalized spacial score (nSPS) is 15.3. The first-order chi connectivity index (χ1) is 19.3. The van der Waals surface area contributed by atoms with Crippen molar-refractivity contribution in [2.24, 2.45) is 0 Å². The first-order valence-electron chi connectivity index (χ1n) is 12.9. The summed E-state index contributed by atoms with van der Waals surface area (Å²) in [4.78, 5) is 12.7. The minimum Gasteiger partial charge on any atom is -0.394 e. The molecule has 0 aliphatic heterocycles. The molecule has 0 aromatic carbocycles. The number of anilines is 2. The molecule has 208 valence electrons. The van der Waals surface area contributed by atoms with Gasteiger partial charge in [0.15, 0.2) is 21.8 Å². The van der Waals surface area contributed by atoms with Gasteiger partial charge in [-0.2, -0.15) is 10.2 Å². The van der Waals surface area contributed by atoms with Crippen LogP contribution in [0.15, 0.2) is 55.5 Å². The summed E-state index contributed by atoms with van der Waals surface area (Å²) in [6, 6.07) is 3.38. The fourth-order valence-corrected chi connectivity index (χ4v) is 5.43. The van der Waals surface area contributed by atoms with Crippen LogP contribution in [0.2, 0.25) is 0 Å². The lowest BCUT2D eigenvalue weighted by molar-refractivity contribution is 0.146. The van der Waals surface area contributed by atoms with Crippen molar-refractivity contribution in [3.63, 3.8) is 0 Å². The van der Waals surface area contributed by atoms with Crippen LogP contribution >= 0.6 is 0 Å². The average Bonchev–Trinajstić information content (AvgIpc) is 3.27. The van der Waals surface area contributed by atoms with Crippen LogP contribution < -0.4 is 5.32 Å². The molecule has 5 aromatic heterocycles. The molecule has 1 atom stereocenters. The summed E-state index contributed by atoms with van der Waals surface area (Å²) in [5.41, 5.74) is 3.42. The van der Waals surface area contributed by atoms with Crippen LogP contribution in [0.5, 0.6) is 0 Å². The third kappa shape index (κ3) is 4.58. The summed E-state index contributed by atoms with van der Waals surface area (Å²) in [5, 5.41) is 31.9. The number of aliphatic hydroxyl groups excluding tert-OH is 2. The topological polar surface area (TPSA) is 169 Å². The molecule has 1 unspecified atom stereocenters. The number of aliphatic hydroxyl groups is 2. The molecular weight excluding hydrogens is 534 g/mol. The number of pyridine rings is 1. The van der Waals surface area contributed by atoms with E-state index in [0.29, 0.717) is 35.9 Å². The summed E-state index contributed by atoms with van der Waals surface area (Å²) in [7, 11) is 0. The van der Waals surface area contributed by atoms with E-state index in [1.807, 2.05) is 12.3 Å². The third-order valence-electron chi connectivity index (χ3n) is 7.16. The van der Waals surface area contributed by atoms with Crippen LogP contribution in [0, 0.1) is 0 Å². The van der Waals surface area contributed by atoms with Crippen molar-refractivity contribution in [3.05, 3.63) is 55.5 Å². The second-order valence-electron chi connectivity index (χ2n) is 10.1. The minimum absolute atomic E-state index is 0.175. The number of hydrogen-bond acceptors (Lipinski definition) is 9. The van der Waals surface area contributed by atoms with E-state index in [0.717, 1.165) is 22.0 Å². The molecule has 1 aliphatic carbocycles. The smallest absolute Gasteiger partial charge is 0.181 e. The monoisotopic (exact) mass is 563 g/mol. The van der Waals surface area contributed by atoms with Crippen LogP contribution in [0.3, 0.4) is 0 Å². The molecule has 13 nitrogen and oxygen atoms in total. The molecule has 1 aliphatic rings. The molecule has 4 N–H and O–H groups in total. The standard InChI is InChI=1S/C26H29N9O4S/c1-16(2)33-13-21(17-8-29-34(11-17)19(14-36)15-37)20-10-28-24(7-22(20)33)31-23-3-6-27-25(32-23)18-9-30-35(12-18)26(4-5-26)40(38)39/h3,6-13,16,19,36-37H,4-5,14-15H2,1-2H3,(H,38,39)(H,27,28,31,32). The second-order valence-corrected chi connectivity index (χ2v) is 11.4. The molecule has 0 spiro atoms. The van der Waals surface area contributed by atoms with Gasteiger partial charge in [-0.1, -0.05) is 0 Å². The molecule has 6 rings (SSSR count). The first-order valence-corrected chi connectivity index (χ1v) is 14.0. The Labute approximate surface area is 231 Å². The van der Waals surface area contributed by atoms with Crippen molar-refractivity contribution in [2.75, 3.05) is 18.5 Å². The van der Waals surface area contributed by atoms with Crippen molar-refractivity contribution in [1.82, 2.24) is 39.1 Å². The van der Waals surface area contributed by atoms with Gasteiger partial charge in [0, 0.05) is 59.6 Å². The minimum atomic E-state index is -2.01. The van der Waals surface area contributed by atoms with E-state index >= 15 is 0 Å². The van der Waals surface area contributed by atoms with E-state index in [1.54, 1.807) is 41.7 Å². The van der Waals surface area contributed by atoms with E-state index < -0.39 is 22.0 Å². The quantitative estimate of drug-likeness (QED) is 0.185. The number of nitrogens with zero attached hydrogens (tertiary/aromatic N) is 8. The average molecular weight is 564 g/mol. The summed E-state index contributed by atoms with van der Waals surface area (Å²) in [6.45, 7) is 3.78. The predicted molar refractivity (Wildman–Crippen MR) is 149 cm³/mol. The summed E-state index contributed by atoms with van der Waals surface area (Å²) < 4.78 is 26.7. The third-order valence-corrected chi connectivity index (χ3v) is 8.40. The fraction of sp³-hybridized carbons (Fsp3) is 0.346. The van der Waals surface area contributed by atoms with Gasteiger partial charge in [-0.05, 0) is 32.8 Å². The van der Waals surface area contributed by atoms with E-state index in [1.165, 1.54) is 4.68 Å². The molecule has 5 heterocycles. The fourth-order valence-electron chi connectivity index (χ4n) is 4.72. The second kappa shape index (κ2) is 10.2. The molecule has 1 saturated carbocycles. The highest BCUT2D eigenvalue weighted by Crippen LogP contribution is 2.46. The Balaban J connectivity index is 1.29. The number of rotatable bonds is 10. The highest BCUT2D eigenvalue weighted by atomic mass is 32.2. The molecular formula is C26H29N9O4S. The maximum absolute atomic E-state index is 11.8. The predicted octanol–water partition coefficient (Wildman–Crippen LogP) is 3.07. The van der Waals surface area contributed by atoms with Gasteiger partial charge in [-0.15, -0.1) is 0 Å². The van der Waals surface area contributed by atoms with E-state index in [-0.39, 0.29) is 19.3 Å². The van der Waals surface area contributed by atoms with Crippen LogP contribution in [0.1, 0.15) is 38.8 Å². The highest BCUT2D eigenvalue weighted by Gasteiger charge is 2.51. The van der Waals surface area contributed by atoms with Gasteiger partial charge in [-0.3, -0.25) is 9.36 Å². The van der Waals surface area contributed by atoms with Crippen molar-refractivity contribution >= 4 is 33.6 Å². The Morgan fingerprint density at radius 1 is 1.02 bits per heavy atom. The largest absolute Gasteiger partial charge is 0.394 e. The summed E-state index contributed by atoms with van der Waals surface area (Å²) >= 11 is -2.01. The van der Waals surface area contributed by atoms with Crippen LogP contribution in [0.4, 0.5) is 11.6 Å². The summed E-state index contributed by atoms with van der Waals surface area (Å²) in [6.07, 6.45) is 13.5. The number of nitrogens with one attached hydrogen (secondary N) is 1. The highest BCUT2D eigenvalue weighted by molar-refractivity contribution is 7.80. The van der Waals surface area contributed by atoms with Gasteiger partial charge < -0.3 is 24.6 Å². The Morgan fingerprint density at radius 3 is 2.50 bits per heavy atom. The van der Waals surface area contributed by atoms with Gasteiger partial charge in [0.05, 0.1) is 42.7 Å². The molecule has 0 bridgehead atoms. The zero-order valence-corrected chi connectivity index (χ0v) is 22.7. The Bertz CT molecular complexity index is 1700. The van der Waals surface area contributed by atoms with Gasteiger partial charge in [0.2, 0.25) is 0 Å². The Morgan fingerprint density at radius 2 is 1.80 bits per heavy atom. The van der Waals surface area contributed by atoms with Gasteiger partial charge in [-0.25, -0.2) is 19.2 Å². The van der Waals surface area contributed by atoms with Crippen LogP contribution in [-0.2, 0) is 16.0 Å². The Kier molecular flexibility index (Phi) is 6.70. The molecule has 0 amide bonds. The van der Waals surface area contributed by atoms with E-state index in [4.69, 9.17) is 0 Å². The van der Waals surface area contributed by atoms with Crippen molar-refractivity contribution in [2.45, 2.75) is 43.6 Å². The SMILES string of the molecule is CC(C)n1cc(-c2cnn(C(CO)CO)c2)c2cnc(Nc3ccnc(-c4cnn(C5(S(=O)O)CC5)c4)n3)cc21.